The lowest BCUT2D eigenvalue weighted by molar-refractivity contribution is 0.0989. The highest BCUT2D eigenvalue weighted by molar-refractivity contribution is 9.10. The number of hydrogen-bond acceptors (Lipinski definition) is 3. The first kappa shape index (κ1) is 13.4. The minimum Gasteiger partial charge on any atom is -0.294 e. The number of fused-ring (bicyclic) bond motifs is 1. The highest BCUT2D eigenvalue weighted by Gasteiger charge is 2.16. The number of nitrogens with zero attached hydrogens (tertiary/aromatic N) is 1. The van der Waals surface area contributed by atoms with E-state index in [2.05, 4.69) is 20.9 Å². The maximum absolute atomic E-state index is 13.9. The van der Waals surface area contributed by atoms with Crippen LogP contribution in [0.4, 0.5) is 4.39 Å². The van der Waals surface area contributed by atoms with Crippen molar-refractivity contribution < 1.29 is 9.18 Å². The van der Waals surface area contributed by atoms with Crippen molar-refractivity contribution >= 4 is 43.3 Å². The summed E-state index contributed by atoms with van der Waals surface area (Å²) in [5.74, 6) is -0.776. The Morgan fingerprint density at radius 3 is 2.80 bits per heavy atom. The summed E-state index contributed by atoms with van der Waals surface area (Å²) in [6.07, 6.45) is 0.118. The highest BCUT2D eigenvalue weighted by Crippen LogP contribution is 2.24. The zero-order chi connectivity index (χ0) is 14.1. The van der Waals surface area contributed by atoms with Crippen molar-refractivity contribution in [2.75, 3.05) is 0 Å². The second-order valence-electron chi connectivity index (χ2n) is 4.28. The molecule has 20 heavy (non-hydrogen) atoms. The van der Waals surface area contributed by atoms with E-state index in [0.29, 0.717) is 9.48 Å². The molecule has 0 aliphatic heterocycles. The molecule has 0 aliphatic carbocycles. The van der Waals surface area contributed by atoms with E-state index >= 15 is 0 Å². The summed E-state index contributed by atoms with van der Waals surface area (Å²) in [5.41, 5.74) is 0.966. The Morgan fingerprint density at radius 1 is 1.20 bits per heavy atom. The summed E-state index contributed by atoms with van der Waals surface area (Å²) >= 11 is 4.55. The van der Waals surface area contributed by atoms with Crippen molar-refractivity contribution in [1.29, 1.82) is 0 Å². The quantitative estimate of drug-likeness (QED) is 0.645. The molecule has 0 N–H and O–H groups in total. The van der Waals surface area contributed by atoms with E-state index in [1.807, 2.05) is 24.3 Å². The Kier molecular flexibility index (Phi) is 3.63. The maximum Gasteiger partial charge on any atom is 0.172 e. The maximum atomic E-state index is 13.9. The van der Waals surface area contributed by atoms with Crippen LogP contribution in [0.2, 0.25) is 0 Å². The number of benzene rings is 2. The van der Waals surface area contributed by atoms with Crippen LogP contribution >= 0.6 is 27.3 Å². The number of carbonyl (C=O) groups is 1. The third kappa shape index (κ3) is 2.51. The molecule has 100 valence electrons. The normalized spacial score (nSPS) is 10.9. The van der Waals surface area contributed by atoms with Crippen LogP contribution in [0, 0.1) is 5.82 Å². The van der Waals surface area contributed by atoms with Crippen molar-refractivity contribution in [2.24, 2.45) is 0 Å². The number of Topliss-reactive ketones (excluding diaryl/α,β-unsaturated/α-hetero) is 1. The van der Waals surface area contributed by atoms with Gasteiger partial charge in [-0.15, -0.1) is 11.3 Å². The summed E-state index contributed by atoms with van der Waals surface area (Å²) < 4.78 is 15.2. The van der Waals surface area contributed by atoms with Crippen molar-refractivity contribution in [1.82, 2.24) is 4.98 Å². The van der Waals surface area contributed by atoms with Gasteiger partial charge in [0.05, 0.1) is 26.7 Å². The molecule has 0 atom stereocenters. The van der Waals surface area contributed by atoms with Gasteiger partial charge in [-0.05, 0) is 40.2 Å². The van der Waals surface area contributed by atoms with E-state index in [1.54, 1.807) is 12.1 Å². The number of para-hydroxylation sites is 1. The van der Waals surface area contributed by atoms with Crippen LogP contribution in [0.3, 0.4) is 0 Å². The molecule has 0 saturated carbocycles. The fourth-order valence-corrected chi connectivity index (χ4v) is 3.28. The van der Waals surface area contributed by atoms with Crippen LogP contribution in [0.1, 0.15) is 15.4 Å². The Bertz CT molecular complexity index is 766. The molecule has 2 aromatic carbocycles. The van der Waals surface area contributed by atoms with E-state index in [9.17, 15) is 9.18 Å². The minimum absolute atomic E-state index is 0.0960. The molecule has 0 bridgehead atoms. The summed E-state index contributed by atoms with van der Waals surface area (Å²) in [6, 6.07) is 12.4. The molecule has 0 aliphatic rings. The second-order valence-corrected chi connectivity index (χ2v) is 6.25. The van der Waals surface area contributed by atoms with E-state index in [4.69, 9.17) is 0 Å². The van der Waals surface area contributed by atoms with Crippen LogP contribution in [-0.2, 0) is 6.42 Å². The van der Waals surface area contributed by atoms with E-state index in [0.717, 1.165) is 10.2 Å². The largest absolute Gasteiger partial charge is 0.294 e. The van der Waals surface area contributed by atoms with Gasteiger partial charge in [0, 0.05) is 0 Å². The third-order valence-electron chi connectivity index (χ3n) is 2.90. The van der Waals surface area contributed by atoms with Gasteiger partial charge in [-0.1, -0.05) is 18.2 Å². The van der Waals surface area contributed by atoms with Crippen molar-refractivity contribution in [2.45, 2.75) is 6.42 Å². The predicted octanol–water partition coefficient (Wildman–Crippen LogP) is 4.62. The number of aromatic nitrogens is 1. The van der Waals surface area contributed by atoms with Crippen LogP contribution in [-0.4, -0.2) is 10.8 Å². The summed E-state index contributed by atoms with van der Waals surface area (Å²) in [5, 5.41) is 0.704. The average molecular weight is 350 g/mol. The average Bonchev–Trinajstić information content (AvgIpc) is 2.83. The molecule has 0 fully saturated rings. The van der Waals surface area contributed by atoms with Gasteiger partial charge in [-0.25, -0.2) is 9.37 Å². The second kappa shape index (κ2) is 5.42. The molecular formula is C15H9BrFNOS. The first-order valence-corrected chi connectivity index (χ1v) is 7.58. The molecule has 1 heterocycles. The van der Waals surface area contributed by atoms with Gasteiger partial charge in [0.2, 0.25) is 0 Å². The molecular weight excluding hydrogens is 341 g/mol. The molecule has 0 saturated heterocycles. The fourth-order valence-electron chi connectivity index (χ4n) is 1.95. The molecule has 0 amide bonds. The number of ketones is 1. The molecule has 0 unspecified atom stereocenters. The number of hydrogen-bond donors (Lipinski definition) is 0. The van der Waals surface area contributed by atoms with Crippen LogP contribution < -0.4 is 0 Å². The zero-order valence-electron chi connectivity index (χ0n) is 10.3. The van der Waals surface area contributed by atoms with Crippen molar-refractivity contribution in [3.63, 3.8) is 0 Å². The van der Waals surface area contributed by atoms with Gasteiger partial charge in [-0.2, -0.15) is 0 Å². The van der Waals surface area contributed by atoms with Gasteiger partial charge in [0.25, 0.3) is 0 Å². The number of thiazole rings is 1. The predicted molar refractivity (Wildman–Crippen MR) is 81.8 cm³/mol. The third-order valence-corrected chi connectivity index (χ3v) is 4.55. The lowest BCUT2D eigenvalue weighted by Crippen LogP contribution is -2.06. The molecule has 1 aromatic heterocycles. The summed E-state index contributed by atoms with van der Waals surface area (Å²) in [6.45, 7) is 0. The Hall–Kier alpha value is -1.59. The summed E-state index contributed by atoms with van der Waals surface area (Å²) in [7, 11) is 0. The van der Waals surface area contributed by atoms with Crippen molar-refractivity contribution in [3.8, 4) is 0 Å². The molecule has 5 heteroatoms. The van der Waals surface area contributed by atoms with Gasteiger partial charge in [0.1, 0.15) is 10.8 Å². The van der Waals surface area contributed by atoms with E-state index < -0.39 is 5.82 Å². The molecule has 0 spiro atoms. The molecule has 3 rings (SSSR count). The minimum atomic E-state index is -0.515. The van der Waals surface area contributed by atoms with Gasteiger partial charge in [0.15, 0.2) is 5.78 Å². The number of halogens is 2. The lowest BCUT2D eigenvalue weighted by atomic mass is 10.1. The van der Waals surface area contributed by atoms with Crippen LogP contribution in [0.5, 0.6) is 0 Å². The molecule has 0 radical (unpaired) electrons. The van der Waals surface area contributed by atoms with Crippen molar-refractivity contribution in [3.05, 3.63) is 63.3 Å². The van der Waals surface area contributed by atoms with Gasteiger partial charge < -0.3 is 0 Å². The van der Waals surface area contributed by atoms with E-state index in [-0.39, 0.29) is 17.8 Å². The topological polar surface area (TPSA) is 30.0 Å². The standard InChI is InChI=1S/C15H9BrFNOS/c16-10-5-3-4-9(15(10)17)12(19)8-14-18-11-6-1-2-7-13(11)20-14/h1-7H,8H2. The first-order chi connectivity index (χ1) is 9.65. The molecule has 2 nitrogen and oxygen atoms in total. The smallest absolute Gasteiger partial charge is 0.172 e. The number of rotatable bonds is 3. The lowest BCUT2D eigenvalue weighted by Gasteiger charge is -2.02. The monoisotopic (exact) mass is 349 g/mol. The van der Waals surface area contributed by atoms with Crippen LogP contribution in [0.15, 0.2) is 46.9 Å². The Morgan fingerprint density at radius 2 is 2.00 bits per heavy atom. The molecule has 3 aromatic rings. The first-order valence-electron chi connectivity index (χ1n) is 5.97. The van der Waals surface area contributed by atoms with Gasteiger partial charge >= 0.3 is 0 Å². The SMILES string of the molecule is O=C(Cc1nc2ccccc2s1)c1cccc(Br)c1F. The zero-order valence-corrected chi connectivity index (χ0v) is 12.7. The highest BCUT2D eigenvalue weighted by atomic mass is 79.9. The van der Waals surface area contributed by atoms with Crippen LogP contribution in [0.25, 0.3) is 10.2 Å². The fraction of sp³-hybridized carbons (Fsp3) is 0.0667. The number of carbonyl (C=O) groups excluding carboxylic acids is 1. The Balaban J connectivity index is 1.90. The van der Waals surface area contributed by atoms with Gasteiger partial charge in [-0.3, -0.25) is 4.79 Å². The summed E-state index contributed by atoms with van der Waals surface area (Å²) in [4.78, 5) is 16.6. The Labute approximate surface area is 127 Å². The van der Waals surface area contributed by atoms with E-state index in [1.165, 1.54) is 17.4 Å².